The lowest BCUT2D eigenvalue weighted by atomic mass is 9.84. The number of piperidine rings is 1. The van der Waals surface area contributed by atoms with Crippen molar-refractivity contribution in [2.75, 3.05) is 27.3 Å². The number of nitrogens with zero attached hydrogens (tertiary/aromatic N) is 2. The number of pyridine rings is 1. The molecule has 0 atom stereocenters. The summed E-state index contributed by atoms with van der Waals surface area (Å²) in [6.07, 6.45) is 4.54. The van der Waals surface area contributed by atoms with Crippen molar-refractivity contribution in [2.45, 2.75) is 12.8 Å². The molecule has 0 saturated carbocycles. The zero-order chi connectivity index (χ0) is 14.1. The summed E-state index contributed by atoms with van der Waals surface area (Å²) in [7, 11) is 2.87. The van der Waals surface area contributed by atoms with Crippen molar-refractivity contribution in [1.29, 1.82) is 0 Å². The number of carbonyl (C=O) groups is 1. The minimum Gasteiger partial charge on any atom is -0.480 e. The zero-order valence-electron chi connectivity index (χ0n) is 11.8. The van der Waals surface area contributed by atoms with Crippen LogP contribution in [0, 0.1) is 5.92 Å². The van der Waals surface area contributed by atoms with E-state index in [-0.39, 0.29) is 0 Å². The molecule has 106 valence electrons. The molecule has 5 heteroatoms. The van der Waals surface area contributed by atoms with Crippen LogP contribution in [0.1, 0.15) is 28.9 Å². The highest BCUT2D eigenvalue weighted by molar-refractivity contribution is 5.92. The summed E-state index contributed by atoms with van der Waals surface area (Å²) in [5.74, 6) is 0.469. The molecule has 1 fully saturated rings. The van der Waals surface area contributed by atoms with E-state index in [0.717, 1.165) is 18.8 Å². The Hall–Kier alpha value is -2.04. The first-order chi connectivity index (χ1) is 9.72. The van der Waals surface area contributed by atoms with Crippen LogP contribution >= 0.6 is 0 Å². The van der Waals surface area contributed by atoms with Crippen LogP contribution in [0.25, 0.3) is 5.57 Å². The second kappa shape index (κ2) is 5.15. The standard InChI is InChI=1S/C15H18N2O3/c1-19-14-11(15(18)20-2)3-4-13(16-14)12-9-17-7-5-10(12)6-8-17/h3-4,9-10H,5-8H2,1-2H3. The Bertz CT molecular complexity index is 560. The molecule has 1 aromatic heterocycles. The van der Waals surface area contributed by atoms with E-state index in [4.69, 9.17) is 9.47 Å². The average molecular weight is 274 g/mol. The fraction of sp³-hybridized carbons (Fsp3) is 0.467. The molecule has 0 radical (unpaired) electrons. The third-order valence-electron chi connectivity index (χ3n) is 4.05. The molecule has 1 aromatic rings. The van der Waals surface area contributed by atoms with Crippen LogP contribution in [-0.2, 0) is 4.74 Å². The fourth-order valence-corrected chi connectivity index (χ4v) is 2.94. The Morgan fingerprint density at radius 3 is 2.60 bits per heavy atom. The molecule has 5 nitrogen and oxygen atoms in total. The molecule has 0 aliphatic carbocycles. The van der Waals surface area contributed by atoms with Gasteiger partial charge in [-0.05, 0) is 36.5 Å². The lowest BCUT2D eigenvalue weighted by Crippen LogP contribution is -2.35. The summed E-state index contributed by atoms with van der Waals surface area (Å²) in [5, 5.41) is 0. The van der Waals surface area contributed by atoms with E-state index < -0.39 is 5.97 Å². The van der Waals surface area contributed by atoms with Crippen LogP contribution in [0.15, 0.2) is 18.3 Å². The molecule has 2 bridgehead atoms. The quantitative estimate of drug-likeness (QED) is 0.788. The van der Waals surface area contributed by atoms with Crippen molar-refractivity contribution in [3.05, 3.63) is 29.6 Å². The zero-order valence-corrected chi connectivity index (χ0v) is 11.8. The smallest absolute Gasteiger partial charge is 0.343 e. The van der Waals surface area contributed by atoms with E-state index in [0.29, 0.717) is 17.4 Å². The van der Waals surface area contributed by atoms with Gasteiger partial charge in [0.15, 0.2) is 0 Å². The molecule has 4 rings (SSSR count). The molecule has 0 spiro atoms. The van der Waals surface area contributed by atoms with Crippen LogP contribution in [0.4, 0.5) is 0 Å². The number of esters is 1. The van der Waals surface area contributed by atoms with E-state index >= 15 is 0 Å². The van der Waals surface area contributed by atoms with Crippen LogP contribution in [-0.4, -0.2) is 43.2 Å². The van der Waals surface area contributed by atoms with Gasteiger partial charge < -0.3 is 14.4 Å². The number of hydrogen-bond donors (Lipinski definition) is 0. The predicted molar refractivity (Wildman–Crippen MR) is 74.4 cm³/mol. The van der Waals surface area contributed by atoms with Gasteiger partial charge in [-0.3, -0.25) is 0 Å². The summed E-state index contributed by atoms with van der Waals surface area (Å²) < 4.78 is 9.96. The van der Waals surface area contributed by atoms with Gasteiger partial charge >= 0.3 is 5.97 Å². The molecule has 3 aliphatic rings. The summed E-state index contributed by atoms with van der Waals surface area (Å²) in [4.78, 5) is 18.5. The summed E-state index contributed by atoms with van der Waals surface area (Å²) in [6.45, 7) is 2.26. The topological polar surface area (TPSA) is 51.7 Å². The SMILES string of the molecule is COC(=O)c1ccc(C2=CN3CCC2CC3)nc1OC. The Morgan fingerprint density at radius 1 is 1.30 bits per heavy atom. The Morgan fingerprint density at radius 2 is 2.05 bits per heavy atom. The average Bonchev–Trinajstić information content (AvgIpc) is 2.54. The fourth-order valence-electron chi connectivity index (χ4n) is 2.94. The molecule has 0 unspecified atom stereocenters. The lowest BCUT2D eigenvalue weighted by Gasteiger charge is -2.38. The third kappa shape index (κ3) is 2.13. The van der Waals surface area contributed by atoms with Gasteiger partial charge in [0.05, 0.1) is 19.9 Å². The molecule has 20 heavy (non-hydrogen) atoms. The van der Waals surface area contributed by atoms with E-state index in [2.05, 4.69) is 16.1 Å². The molecule has 0 N–H and O–H groups in total. The van der Waals surface area contributed by atoms with Gasteiger partial charge in [-0.15, -0.1) is 0 Å². The molecule has 3 aliphatic heterocycles. The van der Waals surface area contributed by atoms with Gasteiger partial charge in [0.1, 0.15) is 5.56 Å². The highest BCUT2D eigenvalue weighted by atomic mass is 16.5. The number of methoxy groups -OCH3 is 2. The minimum absolute atomic E-state index is 0.326. The predicted octanol–water partition coefficient (Wildman–Crippen LogP) is 1.94. The number of allylic oxidation sites excluding steroid dienone is 1. The van der Waals surface area contributed by atoms with Crippen LogP contribution in [0.5, 0.6) is 5.88 Å². The summed E-state index contributed by atoms with van der Waals surface area (Å²) in [5.41, 5.74) is 2.50. The summed E-state index contributed by atoms with van der Waals surface area (Å²) in [6, 6.07) is 3.61. The van der Waals surface area contributed by atoms with Crippen LogP contribution < -0.4 is 4.74 Å². The Labute approximate surface area is 118 Å². The van der Waals surface area contributed by atoms with Crippen molar-refractivity contribution in [3.63, 3.8) is 0 Å². The van der Waals surface area contributed by atoms with E-state index in [1.165, 1.54) is 32.6 Å². The molecular formula is C15H18N2O3. The number of aromatic nitrogens is 1. The van der Waals surface area contributed by atoms with Crippen molar-refractivity contribution < 1.29 is 14.3 Å². The van der Waals surface area contributed by atoms with Gasteiger partial charge in [0.25, 0.3) is 0 Å². The van der Waals surface area contributed by atoms with Crippen molar-refractivity contribution in [1.82, 2.24) is 9.88 Å². The van der Waals surface area contributed by atoms with Gasteiger partial charge in [-0.2, -0.15) is 0 Å². The molecule has 0 aromatic carbocycles. The van der Waals surface area contributed by atoms with Gasteiger partial charge in [0, 0.05) is 19.3 Å². The monoisotopic (exact) mass is 274 g/mol. The Balaban J connectivity index is 1.97. The van der Waals surface area contributed by atoms with Crippen molar-refractivity contribution in [3.8, 4) is 5.88 Å². The lowest BCUT2D eigenvalue weighted by molar-refractivity contribution is 0.0596. The molecular weight excluding hydrogens is 256 g/mol. The molecule has 1 saturated heterocycles. The first-order valence-corrected chi connectivity index (χ1v) is 6.82. The normalized spacial score (nSPS) is 17.9. The van der Waals surface area contributed by atoms with E-state index in [1.807, 2.05) is 6.07 Å². The number of hydrogen-bond acceptors (Lipinski definition) is 5. The second-order valence-corrected chi connectivity index (χ2v) is 5.14. The third-order valence-corrected chi connectivity index (χ3v) is 4.05. The van der Waals surface area contributed by atoms with E-state index in [9.17, 15) is 4.79 Å². The van der Waals surface area contributed by atoms with Crippen LogP contribution in [0.2, 0.25) is 0 Å². The van der Waals surface area contributed by atoms with Crippen LogP contribution in [0.3, 0.4) is 0 Å². The van der Waals surface area contributed by atoms with Gasteiger partial charge in [-0.25, -0.2) is 9.78 Å². The first-order valence-electron chi connectivity index (χ1n) is 6.82. The number of ether oxygens (including phenoxy) is 2. The van der Waals surface area contributed by atoms with Gasteiger partial charge in [-0.1, -0.05) is 0 Å². The maximum Gasteiger partial charge on any atom is 0.343 e. The number of fused-ring (bicyclic) bond motifs is 2. The molecule has 0 amide bonds. The van der Waals surface area contributed by atoms with Crippen molar-refractivity contribution >= 4 is 11.5 Å². The Kier molecular flexibility index (Phi) is 3.34. The highest BCUT2D eigenvalue weighted by Gasteiger charge is 2.29. The highest BCUT2D eigenvalue weighted by Crippen LogP contribution is 2.37. The van der Waals surface area contributed by atoms with Gasteiger partial charge in [0.2, 0.25) is 5.88 Å². The second-order valence-electron chi connectivity index (χ2n) is 5.14. The maximum absolute atomic E-state index is 11.6. The first kappa shape index (κ1) is 13.0. The maximum atomic E-state index is 11.6. The van der Waals surface area contributed by atoms with E-state index in [1.54, 1.807) is 6.07 Å². The molecule has 4 heterocycles. The van der Waals surface area contributed by atoms with Crippen molar-refractivity contribution in [2.24, 2.45) is 5.92 Å². The number of rotatable bonds is 3. The minimum atomic E-state index is -0.427. The summed E-state index contributed by atoms with van der Waals surface area (Å²) >= 11 is 0. The number of carbonyl (C=O) groups excluding carboxylic acids is 1. The largest absolute Gasteiger partial charge is 0.480 e.